The van der Waals surface area contributed by atoms with Gasteiger partial charge in [-0.1, -0.05) is 17.7 Å². The van der Waals surface area contributed by atoms with Crippen LogP contribution in [-0.2, 0) is 6.42 Å². The van der Waals surface area contributed by atoms with Crippen molar-refractivity contribution < 1.29 is 9.50 Å². The van der Waals surface area contributed by atoms with Gasteiger partial charge >= 0.3 is 0 Å². The molecule has 1 heterocycles. The fourth-order valence-corrected chi connectivity index (χ4v) is 2.80. The highest BCUT2D eigenvalue weighted by Crippen LogP contribution is 2.27. The molecule has 0 spiro atoms. The second-order valence-electron chi connectivity index (χ2n) is 5.31. The molecule has 3 aromatic rings. The Bertz CT molecular complexity index is 828. The number of hydrogen-bond donors (Lipinski definition) is 1. The van der Waals surface area contributed by atoms with E-state index in [2.05, 4.69) is 4.98 Å². The number of aliphatic hydroxyl groups excluding tert-OH is 1. The first-order valence-corrected chi connectivity index (χ1v) is 7.42. The van der Waals surface area contributed by atoms with Gasteiger partial charge in [0.2, 0.25) is 0 Å². The van der Waals surface area contributed by atoms with Crippen LogP contribution in [0.3, 0.4) is 0 Å². The van der Waals surface area contributed by atoms with Crippen molar-refractivity contribution >= 4 is 22.5 Å². The maximum absolute atomic E-state index is 13.5. The van der Waals surface area contributed by atoms with Crippen LogP contribution in [-0.4, -0.2) is 16.7 Å². The third kappa shape index (κ3) is 2.96. The molecule has 1 N–H and O–H groups in total. The van der Waals surface area contributed by atoms with E-state index in [0.29, 0.717) is 22.7 Å². The molecule has 0 unspecified atom stereocenters. The molecule has 22 heavy (non-hydrogen) atoms. The summed E-state index contributed by atoms with van der Waals surface area (Å²) in [4.78, 5) is 4.60. The third-order valence-electron chi connectivity index (χ3n) is 3.64. The molecule has 0 bridgehead atoms. The Labute approximate surface area is 133 Å². The van der Waals surface area contributed by atoms with E-state index in [9.17, 15) is 4.39 Å². The molecule has 0 saturated carbocycles. The Hall–Kier alpha value is -1.97. The Morgan fingerprint density at radius 1 is 1.14 bits per heavy atom. The molecule has 0 aliphatic rings. The van der Waals surface area contributed by atoms with Gasteiger partial charge in [0.25, 0.3) is 0 Å². The Morgan fingerprint density at radius 2 is 1.95 bits per heavy atom. The van der Waals surface area contributed by atoms with Crippen molar-refractivity contribution in [1.82, 2.24) is 4.98 Å². The van der Waals surface area contributed by atoms with E-state index in [-0.39, 0.29) is 12.4 Å². The van der Waals surface area contributed by atoms with Gasteiger partial charge in [0, 0.05) is 22.6 Å². The molecule has 2 aromatic carbocycles. The van der Waals surface area contributed by atoms with Crippen LogP contribution in [0.1, 0.15) is 11.1 Å². The molecule has 0 amide bonds. The molecule has 112 valence electrons. The highest BCUT2D eigenvalue weighted by Gasteiger charge is 2.08. The highest BCUT2D eigenvalue weighted by molar-refractivity contribution is 6.30. The van der Waals surface area contributed by atoms with Gasteiger partial charge in [-0.3, -0.25) is 0 Å². The SMILES string of the molecule is Cc1cc(-c2cc(F)cc(Cl)c2)nc2ccc(CCO)cc12. The Morgan fingerprint density at radius 3 is 2.68 bits per heavy atom. The topological polar surface area (TPSA) is 33.1 Å². The zero-order valence-corrected chi connectivity index (χ0v) is 12.9. The molecule has 4 heteroatoms. The van der Waals surface area contributed by atoms with Crippen molar-refractivity contribution in [2.24, 2.45) is 0 Å². The lowest BCUT2D eigenvalue weighted by atomic mass is 10.0. The largest absolute Gasteiger partial charge is 0.396 e. The summed E-state index contributed by atoms with van der Waals surface area (Å²) in [7, 11) is 0. The maximum atomic E-state index is 13.5. The summed E-state index contributed by atoms with van der Waals surface area (Å²) in [6.45, 7) is 2.12. The van der Waals surface area contributed by atoms with E-state index in [1.54, 1.807) is 6.07 Å². The average molecular weight is 316 g/mol. The van der Waals surface area contributed by atoms with Gasteiger partial charge in [0.15, 0.2) is 0 Å². The number of pyridine rings is 1. The van der Waals surface area contributed by atoms with Crippen LogP contribution in [0.4, 0.5) is 4.39 Å². The first-order valence-electron chi connectivity index (χ1n) is 7.04. The Kier molecular flexibility index (Phi) is 4.10. The van der Waals surface area contributed by atoms with Crippen LogP contribution >= 0.6 is 11.6 Å². The second kappa shape index (κ2) is 6.03. The van der Waals surface area contributed by atoms with E-state index >= 15 is 0 Å². The normalized spacial score (nSPS) is 11.1. The maximum Gasteiger partial charge on any atom is 0.125 e. The van der Waals surface area contributed by atoms with Gasteiger partial charge in [0.05, 0.1) is 11.2 Å². The van der Waals surface area contributed by atoms with Gasteiger partial charge in [-0.2, -0.15) is 0 Å². The number of fused-ring (bicyclic) bond motifs is 1. The number of aliphatic hydroxyl groups is 1. The van der Waals surface area contributed by atoms with Gasteiger partial charge in [-0.15, -0.1) is 0 Å². The number of halogens is 2. The first-order chi connectivity index (χ1) is 10.6. The minimum absolute atomic E-state index is 0.123. The van der Waals surface area contributed by atoms with Crippen molar-refractivity contribution in [3.8, 4) is 11.3 Å². The number of rotatable bonds is 3. The van der Waals surface area contributed by atoms with E-state index in [4.69, 9.17) is 16.7 Å². The van der Waals surface area contributed by atoms with Gasteiger partial charge in [0.1, 0.15) is 5.82 Å². The van der Waals surface area contributed by atoms with E-state index in [1.165, 1.54) is 12.1 Å². The smallest absolute Gasteiger partial charge is 0.125 e. The molecule has 3 rings (SSSR count). The molecule has 2 nitrogen and oxygen atoms in total. The number of aromatic nitrogens is 1. The summed E-state index contributed by atoms with van der Waals surface area (Å²) in [5.74, 6) is -0.375. The minimum atomic E-state index is -0.375. The fraction of sp³-hybridized carbons (Fsp3) is 0.167. The number of aryl methyl sites for hydroxylation is 1. The number of benzene rings is 2. The predicted molar refractivity (Wildman–Crippen MR) is 87.7 cm³/mol. The fourth-order valence-electron chi connectivity index (χ4n) is 2.58. The molecular weight excluding hydrogens is 301 g/mol. The lowest BCUT2D eigenvalue weighted by Crippen LogP contribution is -1.94. The third-order valence-corrected chi connectivity index (χ3v) is 3.86. The highest BCUT2D eigenvalue weighted by atomic mass is 35.5. The lowest BCUT2D eigenvalue weighted by molar-refractivity contribution is 0.299. The lowest BCUT2D eigenvalue weighted by Gasteiger charge is -2.09. The summed E-state index contributed by atoms with van der Waals surface area (Å²) in [6.07, 6.45) is 0.622. The van der Waals surface area contributed by atoms with Crippen LogP contribution < -0.4 is 0 Å². The number of nitrogens with zero attached hydrogens (tertiary/aromatic N) is 1. The van der Waals surface area contributed by atoms with Crippen molar-refractivity contribution in [3.05, 3.63) is 64.4 Å². The van der Waals surface area contributed by atoms with Gasteiger partial charge in [-0.05, 0) is 60.9 Å². The standard InChI is InChI=1S/C18H15ClFNO/c1-11-6-18(13-8-14(19)10-15(20)9-13)21-17-3-2-12(4-5-22)7-16(11)17/h2-3,6-10,22H,4-5H2,1H3. The van der Waals surface area contributed by atoms with Crippen LogP contribution in [0, 0.1) is 12.7 Å². The van der Waals surface area contributed by atoms with E-state index in [1.807, 2.05) is 31.2 Å². The molecule has 0 atom stereocenters. The summed E-state index contributed by atoms with van der Waals surface area (Å²) < 4.78 is 13.5. The van der Waals surface area contributed by atoms with E-state index < -0.39 is 0 Å². The molecule has 0 fully saturated rings. The van der Waals surface area contributed by atoms with Gasteiger partial charge < -0.3 is 5.11 Å². The Balaban J connectivity index is 2.14. The molecule has 0 saturated heterocycles. The van der Waals surface area contributed by atoms with E-state index in [0.717, 1.165) is 22.0 Å². The van der Waals surface area contributed by atoms with Gasteiger partial charge in [-0.25, -0.2) is 9.37 Å². The molecule has 0 aliphatic carbocycles. The van der Waals surface area contributed by atoms with Crippen LogP contribution in [0.15, 0.2) is 42.5 Å². The monoisotopic (exact) mass is 315 g/mol. The molecule has 0 radical (unpaired) electrons. The van der Waals surface area contributed by atoms with Crippen LogP contribution in [0.25, 0.3) is 22.2 Å². The molecule has 0 aliphatic heterocycles. The van der Waals surface area contributed by atoms with Crippen molar-refractivity contribution in [2.45, 2.75) is 13.3 Å². The summed E-state index contributed by atoms with van der Waals surface area (Å²) in [5.41, 5.74) is 4.33. The first kappa shape index (κ1) is 14.9. The summed E-state index contributed by atoms with van der Waals surface area (Å²) >= 11 is 5.92. The predicted octanol–water partition coefficient (Wildman–Crippen LogP) is 4.54. The summed E-state index contributed by atoms with van der Waals surface area (Å²) in [5, 5.41) is 10.4. The van der Waals surface area contributed by atoms with Crippen LogP contribution in [0.2, 0.25) is 5.02 Å². The molecule has 1 aromatic heterocycles. The minimum Gasteiger partial charge on any atom is -0.396 e. The summed E-state index contributed by atoms with van der Waals surface area (Å²) in [6, 6.07) is 12.3. The van der Waals surface area contributed by atoms with Crippen molar-refractivity contribution in [3.63, 3.8) is 0 Å². The second-order valence-corrected chi connectivity index (χ2v) is 5.74. The number of hydrogen-bond acceptors (Lipinski definition) is 2. The molecular formula is C18H15ClFNO. The zero-order chi connectivity index (χ0) is 15.7. The average Bonchev–Trinajstić information content (AvgIpc) is 2.47. The van der Waals surface area contributed by atoms with Crippen molar-refractivity contribution in [2.75, 3.05) is 6.61 Å². The quantitative estimate of drug-likeness (QED) is 0.770. The van der Waals surface area contributed by atoms with Crippen LogP contribution in [0.5, 0.6) is 0 Å². The zero-order valence-electron chi connectivity index (χ0n) is 12.1. The van der Waals surface area contributed by atoms with Crippen molar-refractivity contribution in [1.29, 1.82) is 0 Å².